The van der Waals surface area contributed by atoms with E-state index in [1.807, 2.05) is 48.7 Å². The summed E-state index contributed by atoms with van der Waals surface area (Å²) < 4.78 is 5.84. The van der Waals surface area contributed by atoms with Gasteiger partial charge >= 0.3 is 0 Å². The molecule has 1 fully saturated rings. The molecule has 0 unspecified atom stereocenters. The topological polar surface area (TPSA) is 102 Å². The van der Waals surface area contributed by atoms with Gasteiger partial charge < -0.3 is 25.6 Å². The maximum Gasteiger partial charge on any atom is 0.242 e. The number of rotatable bonds is 11. The molecule has 0 bridgehead atoms. The molecule has 0 radical (unpaired) electrons. The number of nitrogens with one attached hydrogen (secondary N) is 3. The molecular formula is C30H33ClN6O2. The van der Waals surface area contributed by atoms with Gasteiger partial charge in [0.15, 0.2) is 0 Å². The highest BCUT2D eigenvalue weighted by Gasteiger charge is 2.21. The molecule has 0 saturated carbocycles. The van der Waals surface area contributed by atoms with Crippen LogP contribution in [0.15, 0.2) is 83.9 Å². The van der Waals surface area contributed by atoms with E-state index in [0.29, 0.717) is 35.2 Å². The van der Waals surface area contributed by atoms with Crippen LogP contribution in [0.3, 0.4) is 0 Å². The number of hydrogen-bond donors (Lipinski definition) is 3. The quantitative estimate of drug-likeness (QED) is 0.133. The van der Waals surface area contributed by atoms with Crippen LogP contribution in [-0.2, 0) is 11.2 Å². The van der Waals surface area contributed by atoms with E-state index < -0.39 is 6.04 Å². The van der Waals surface area contributed by atoms with E-state index >= 15 is 0 Å². The number of amides is 1. The average Bonchev–Trinajstić information content (AvgIpc) is 3.47. The first kappa shape index (κ1) is 28.0. The fourth-order valence-corrected chi connectivity index (χ4v) is 4.52. The maximum atomic E-state index is 13.2. The fourth-order valence-electron chi connectivity index (χ4n) is 4.40. The second-order valence-corrected chi connectivity index (χ2v) is 9.78. The zero-order chi connectivity index (χ0) is 27.3. The van der Waals surface area contributed by atoms with E-state index in [1.54, 1.807) is 36.4 Å². The molecule has 1 aliphatic heterocycles. The van der Waals surface area contributed by atoms with E-state index in [4.69, 9.17) is 16.3 Å². The number of aliphatic imine (C=N–C) groups is 1. The lowest BCUT2D eigenvalue weighted by Gasteiger charge is -2.21. The Bertz CT molecular complexity index is 1250. The molecule has 202 valence electrons. The maximum absolute atomic E-state index is 13.2. The van der Waals surface area contributed by atoms with Crippen molar-refractivity contribution in [3.8, 4) is 17.7 Å². The lowest BCUT2D eigenvalue weighted by atomic mass is 10.1. The number of ether oxygens (including phenoxy) is 1. The number of hydrogen-bond acceptors (Lipinski definition) is 5. The summed E-state index contributed by atoms with van der Waals surface area (Å²) in [5, 5.41) is 19.3. The van der Waals surface area contributed by atoms with Crippen molar-refractivity contribution < 1.29 is 9.53 Å². The van der Waals surface area contributed by atoms with Gasteiger partial charge in [-0.05, 0) is 93.0 Å². The number of guanidine groups is 1. The molecule has 1 atom stereocenters. The minimum Gasteiger partial charge on any atom is -0.457 e. The van der Waals surface area contributed by atoms with Crippen LogP contribution < -0.4 is 20.7 Å². The second-order valence-electron chi connectivity index (χ2n) is 9.35. The summed E-state index contributed by atoms with van der Waals surface area (Å²) in [7, 11) is 0. The molecule has 1 saturated heterocycles. The average molecular weight is 545 g/mol. The van der Waals surface area contributed by atoms with Gasteiger partial charge in [0.25, 0.3) is 0 Å². The van der Waals surface area contributed by atoms with Crippen LogP contribution in [0.25, 0.3) is 0 Å². The summed E-state index contributed by atoms with van der Waals surface area (Å²) >= 11 is 5.94. The van der Waals surface area contributed by atoms with Gasteiger partial charge in [0.2, 0.25) is 18.1 Å². The zero-order valence-electron chi connectivity index (χ0n) is 21.8. The largest absolute Gasteiger partial charge is 0.457 e. The summed E-state index contributed by atoms with van der Waals surface area (Å²) in [6, 6.07) is 23.5. The van der Waals surface area contributed by atoms with Gasteiger partial charge in [-0.3, -0.25) is 4.79 Å². The van der Waals surface area contributed by atoms with Crippen molar-refractivity contribution in [2.75, 3.05) is 31.5 Å². The Labute approximate surface area is 234 Å². The van der Waals surface area contributed by atoms with Crippen LogP contribution in [0, 0.1) is 11.5 Å². The molecule has 8 nitrogen and oxygen atoms in total. The Morgan fingerprint density at radius 1 is 1.00 bits per heavy atom. The van der Waals surface area contributed by atoms with Crippen molar-refractivity contribution in [3.63, 3.8) is 0 Å². The third-order valence-electron chi connectivity index (χ3n) is 6.39. The predicted molar refractivity (Wildman–Crippen MR) is 155 cm³/mol. The monoisotopic (exact) mass is 544 g/mol. The Morgan fingerprint density at radius 2 is 1.67 bits per heavy atom. The van der Waals surface area contributed by atoms with Crippen molar-refractivity contribution in [1.82, 2.24) is 15.5 Å². The molecule has 3 aromatic carbocycles. The highest BCUT2D eigenvalue weighted by atomic mass is 35.5. The summed E-state index contributed by atoms with van der Waals surface area (Å²) in [5.74, 6) is 1.37. The molecule has 1 heterocycles. The molecule has 1 aliphatic rings. The number of likely N-dealkylation sites (tertiary alicyclic amines) is 1. The lowest BCUT2D eigenvalue weighted by molar-refractivity contribution is -0.122. The highest BCUT2D eigenvalue weighted by Crippen LogP contribution is 2.24. The number of nitrogens with zero attached hydrogens (tertiary/aromatic N) is 3. The van der Waals surface area contributed by atoms with Crippen LogP contribution in [0.4, 0.5) is 5.69 Å². The number of carbonyl (C=O) groups is 1. The molecule has 0 aromatic heterocycles. The molecule has 1 amide bonds. The summed E-state index contributed by atoms with van der Waals surface area (Å²) in [5.41, 5.74) is 1.69. The van der Waals surface area contributed by atoms with Crippen molar-refractivity contribution in [3.05, 3.63) is 89.4 Å². The summed E-state index contributed by atoms with van der Waals surface area (Å²) in [6.45, 7) is 3.85. The molecule has 0 spiro atoms. The minimum atomic E-state index is -0.619. The number of anilines is 1. The molecule has 39 heavy (non-hydrogen) atoms. The van der Waals surface area contributed by atoms with Crippen molar-refractivity contribution in [2.24, 2.45) is 4.99 Å². The van der Waals surface area contributed by atoms with Gasteiger partial charge in [-0.1, -0.05) is 41.9 Å². The summed E-state index contributed by atoms with van der Waals surface area (Å²) in [4.78, 5) is 19.5. The molecule has 0 aliphatic carbocycles. The zero-order valence-corrected chi connectivity index (χ0v) is 22.5. The van der Waals surface area contributed by atoms with Crippen LogP contribution >= 0.6 is 11.6 Å². The molecular weight excluding hydrogens is 512 g/mol. The van der Waals surface area contributed by atoms with Gasteiger partial charge in [-0.25, -0.2) is 0 Å². The first-order valence-corrected chi connectivity index (χ1v) is 13.5. The van der Waals surface area contributed by atoms with Gasteiger partial charge in [-0.15, -0.1) is 4.99 Å². The summed E-state index contributed by atoms with van der Waals surface area (Å²) in [6.07, 6.45) is 5.66. The Kier molecular flexibility index (Phi) is 10.6. The van der Waals surface area contributed by atoms with E-state index in [0.717, 1.165) is 31.6 Å². The number of benzene rings is 3. The highest BCUT2D eigenvalue weighted by molar-refractivity contribution is 6.30. The standard InChI is InChI=1S/C30H33ClN6O2/c31-24-9-13-26(14-10-24)39-27-15-11-25(12-16-27)35-30(34-22-32)36-28(21-23-7-2-1-3-8-23)29(38)33-17-6-20-37-18-4-5-19-37/h1-3,7-16,28H,4-6,17-21H2,(H,33,38)(H2,34,35,36)/t28-/m0/s1. The van der Waals surface area contributed by atoms with Crippen LogP contribution in [0.5, 0.6) is 11.5 Å². The van der Waals surface area contributed by atoms with E-state index in [9.17, 15) is 10.1 Å². The molecule has 4 rings (SSSR count). The lowest BCUT2D eigenvalue weighted by Crippen LogP contribution is -2.50. The van der Waals surface area contributed by atoms with Crippen molar-refractivity contribution in [2.45, 2.75) is 31.7 Å². The van der Waals surface area contributed by atoms with E-state index in [2.05, 4.69) is 25.8 Å². The van der Waals surface area contributed by atoms with Crippen LogP contribution in [-0.4, -0.2) is 49.0 Å². The Balaban J connectivity index is 1.37. The first-order valence-electron chi connectivity index (χ1n) is 13.2. The fraction of sp³-hybridized carbons (Fsp3) is 0.300. The van der Waals surface area contributed by atoms with Gasteiger partial charge in [0, 0.05) is 23.7 Å². The van der Waals surface area contributed by atoms with Gasteiger partial charge in [0.1, 0.15) is 17.5 Å². The molecule has 9 heteroatoms. The van der Waals surface area contributed by atoms with Crippen molar-refractivity contribution in [1.29, 1.82) is 5.26 Å². The van der Waals surface area contributed by atoms with Gasteiger partial charge in [0.05, 0.1) is 0 Å². The Hall–Kier alpha value is -4.06. The first-order chi connectivity index (χ1) is 19.1. The number of nitriles is 1. The van der Waals surface area contributed by atoms with E-state index in [1.165, 1.54) is 12.8 Å². The van der Waals surface area contributed by atoms with Crippen LogP contribution in [0.2, 0.25) is 5.02 Å². The third-order valence-corrected chi connectivity index (χ3v) is 6.64. The smallest absolute Gasteiger partial charge is 0.242 e. The Morgan fingerprint density at radius 3 is 2.33 bits per heavy atom. The number of carbonyl (C=O) groups excluding carboxylic acids is 1. The van der Waals surface area contributed by atoms with E-state index in [-0.39, 0.29) is 11.9 Å². The molecule has 3 N–H and O–H groups in total. The molecule has 3 aromatic rings. The van der Waals surface area contributed by atoms with Crippen molar-refractivity contribution >= 4 is 29.2 Å². The number of halogens is 1. The SMILES string of the molecule is N#C/N=C(/Nc1ccc(Oc2ccc(Cl)cc2)cc1)N[C@@H](Cc1ccccc1)C(=O)NCCCN1CCCC1. The predicted octanol–water partition coefficient (Wildman–Crippen LogP) is 5.18. The second kappa shape index (κ2) is 14.8. The van der Waals surface area contributed by atoms with Gasteiger partial charge in [-0.2, -0.15) is 5.26 Å². The third kappa shape index (κ3) is 9.32. The normalized spacial score (nSPS) is 14.3. The van der Waals surface area contributed by atoms with Crippen LogP contribution in [0.1, 0.15) is 24.8 Å². The minimum absolute atomic E-state index is 0.139.